The van der Waals surface area contributed by atoms with Gasteiger partial charge in [0.15, 0.2) is 0 Å². The van der Waals surface area contributed by atoms with Crippen molar-refractivity contribution in [2.24, 2.45) is 5.92 Å². The minimum Gasteiger partial charge on any atom is -0.339 e. The largest absolute Gasteiger partial charge is 0.339 e. The van der Waals surface area contributed by atoms with Crippen molar-refractivity contribution in [3.8, 4) is 17.2 Å². The average molecular weight is 516 g/mol. The molecule has 0 aromatic heterocycles. The number of carbonyl (C=O) groups excluding carboxylic acids is 2. The van der Waals surface area contributed by atoms with Crippen molar-refractivity contribution >= 4 is 17.5 Å². The maximum absolute atomic E-state index is 15.2. The van der Waals surface area contributed by atoms with E-state index in [1.165, 1.54) is 6.07 Å². The Morgan fingerprint density at radius 3 is 2.61 bits per heavy atom. The predicted octanol–water partition coefficient (Wildman–Crippen LogP) is 3.17. The molecule has 198 valence electrons. The van der Waals surface area contributed by atoms with Gasteiger partial charge in [-0.05, 0) is 92.5 Å². The first-order valence-corrected chi connectivity index (χ1v) is 13.8. The average Bonchev–Trinajstić information content (AvgIpc) is 3.63. The SMILES string of the molecule is CN1CCC(N2C(=O)Cc3ccc(-c4ccc(C[C@@H](C#N)NC(=O)[C@H]5N[C@@H]6CC[C@H]5C6)c(F)c4)cc32)CC1. The second-order valence-electron chi connectivity index (χ2n) is 11.4. The molecule has 3 aliphatic heterocycles. The van der Waals surface area contributed by atoms with Gasteiger partial charge < -0.3 is 20.4 Å². The van der Waals surface area contributed by atoms with Crippen LogP contribution in [0, 0.1) is 23.1 Å². The minimum absolute atomic E-state index is 0.109. The molecule has 0 spiro atoms. The predicted molar refractivity (Wildman–Crippen MR) is 143 cm³/mol. The molecule has 3 heterocycles. The number of nitrogens with zero attached hydrogens (tertiary/aromatic N) is 3. The standard InChI is InChI=1S/C30H34FN5O2/c1-35-10-8-25(9-11-35)36-27-15-19(3-5-21(27)16-28(36)37)18-2-4-20(26(31)14-18)12-24(17-32)34-30(38)29-22-6-7-23(13-22)33-29/h2-5,14-15,22-25,29,33H,6-13,16H2,1H3,(H,34,38)/t22-,23+,24-,29-/m0/s1. The Bertz CT molecular complexity index is 1300. The fourth-order valence-corrected chi connectivity index (χ4v) is 6.81. The Balaban J connectivity index is 1.16. The first kappa shape index (κ1) is 25.0. The van der Waals surface area contributed by atoms with E-state index < -0.39 is 11.9 Å². The van der Waals surface area contributed by atoms with Gasteiger partial charge in [-0.25, -0.2) is 4.39 Å². The van der Waals surface area contributed by atoms with E-state index in [1.54, 1.807) is 6.07 Å². The maximum atomic E-state index is 15.2. The van der Waals surface area contributed by atoms with Crippen LogP contribution in [0.25, 0.3) is 11.1 Å². The summed E-state index contributed by atoms with van der Waals surface area (Å²) in [4.78, 5) is 29.9. The van der Waals surface area contributed by atoms with Gasteiger partial charge in [-0.3, -0.25) is 9.59 Å². The van der Waals surface area contributed by atoms with E-state index in [2.05, 4.69) is 28.7 Å². The molecule has 2 N–H and O–H groups in total. The van der Waals surface area contributed by atoms with E-state index in [0.29, 0.717) is 23.9 Å². The molecule has 7 nitrogen and oxygen atoms in total. The lowest BCUT2D eigenvalue weighted by molar-refractivity contribution is -0.124. The van der Waals surface area contributed by atoms with Gasteiger partial charge >= 0.3 is 0 Å². The third-order valence-electron chi connectivity index (χ3n) is 8.93. The molecule has 2 aromatic carbocycles. The van der Waals surface area contributed by atoms with E-state index in [4.69, 9.17) is 0 Å². The Morgan fingerprint density at radius 2 is 1.92 bits per heavy atom. The highest BCUT2D eigenvalue weighted by molar-refractivity contribution is 6.02. The fourth-order valence-electron chi connectivity index (χ4n) is 6.81. The van der Waals surface area contributed by atoms with Crippen LogP contribution in [0.4, 0.5) is 10.1 Å². The number of anilines is 1. The summed E-state index contributed by atoms with van der Waals surface area (Å²) in [5, 5.41) is 15.8. The topological polar surface area (TPSA) is 88.5 Å². The Kier molecular flexibility index (Phi) is 6.67. The molecule has 4 atom stereocenters. The summed E-state index contributed by atoms with van der Waals surface area (Å²) in [6, 6.07) is 12.6. The zero-order chi connectivity index (χ0) is 26.4. The number of likely N-dealkylation sites (tertiary alicyclic amines) is 1. The smallest absolute Gasteiger partial charge is 0.238 e. The summed E-state index contributed by atoms with van der Waals surface area (Å²) in [7, 11) is 2.11. The van der Waals surface area contributed by atoms with Crippen LogP contribution in [0.1, 0.15) is 43.2 Å². The van der Waals surface area contributed by atoms with Gasteiger partial charge in [-0.2, -0.15) is 5.26 Å². The molecule has 2 amide bonds. The lowest BCUT2D eigenvalue weighted by Gasteiger charge is -2.35. The van der Waals surface area contributed by atoms with Crippen molar-refractivity contribution in [2.75, 3.05) is 25.0 Å². The van der Waals surface area contributed by atoms with Gasteiger partial charge in [-0.15, -0.1) is 0 Å². The summed E-state index contributed by atoms with van der Waals surface area (Å²) in [6.07, 6.45) is 5.57. The van der Waals surface area contributed by atoms with Crippen LogP contribution in [-0.2, 0) is 22.4 Å². The summed E-state index contributed by atoms with van der Waals surface area (Å²) in [5.74, 6) is -0.103. The second-order valence-corrected chi connectivity index (χ2v) is 11.4. The molecule has 3 fully saturated rings. The van der Waals surface area contributed by atoms with Crippen LogP contribution < -0.4 is 15.5 Å². The molecule has 38 heavy (non-hydrogen) atoms. The molecule has 1 aliphatic carbocycles. The number of nitrogens with one attached hydrogen (secondary N) is 2. The molecule has 6 rings (SSSR count). The summed E-state index contributed by atoms with van der Waals surface area (Å²) in [5.41, 5.74) is 3.93. The van der Waals surface area contributed by atoms with Crippen LogP contribution >= 0.6 is 0 Å². The van der Waals surface area contributed by atoms with Gasteiger partial charge in [0, 0.05) is 24.2 Å². The van der Waals surface area contributed by atoms with Gasteiger partial charge in [0.05, 0.1) is 18.5 Å². The van der Waals surface area contributed by atoms with E-state index in [1.807, 2.05) is 29.2 Å². The van der Waals surface area contributed by atoms with Crippen LogP contribution in [0.15, 0.2) is 36.4 Å². The first-order valence-electron chi connectivity index (χ1n) is 13.8. The Labute approximate surface area is 223 Å². The number of piperidine rings is 2. The van der Waals surface area contributed by atoms with Crippen LogP contribution in [0.3, 0.4) is 0 Å². The van der Waals surface area contributed by atoms with E-state index in [0.717, 1.165) is 67.6 Å². The summed E-state index contributed by atoms with van der Waals surface area (Å²) >= 11 is 0. The highest BCUT2D eigenvalue weighted by atomic mass is 19.1. The summed E-state index contributed by atoms with van der Waals surface area (Å²) < 4.78 is 15.2. The highest BCUT2D eigenvalue weighted by Gasteiger charge is 2.43. The van der Waals surface area contributed by atoms with Crippen molar-refractivity contribution < 1.29 is 14.0 Å². The number of rotatable bonds is 6. The number of hydrogen-bond acceptors (Lipinski definition) is 5. The number of benzene rings is 2. The lowest BCUT2D eigenvalue weighted by atomic mass is 9.97. The Hall–Kier alpha value is -3.28. The molecule has 0 unspecified atom stereocenters. The van der Waals surface area contributed by atoms with Crippen molar-refractivity contribution in [1.29, 1.82) is 5.26 Å². The molecule has 2 aromatic rings. The Morgan fingerprint density at radius 1 is 1.16 bits per heavy atom. The molecule has 2 saturated heterocycles. The van der Waals surface area contributed by atoms with Gasteiger partial charge in [-0.1, -0.05) is 24.3 Å². The lowest BCUT2D eigenvalue weighted by Crippen LogP contribution is -2.50. The number of fused-ring (bicyclic) bond motifs is 3. The van der Waals surface area contributed by atoms with Crippen molar-refractivity contribution in [3.05, 3.63) is 53.3 Å². The van der Waals surface area contributed by atoms with Crippen molar-refractivity contribution in [3.63, 3.8) is 0 Å². The summed E-state index contributed by atoms with van der Waals surface area (Å²) in [6.45, 7) is 1.94. The number of halogens is 1. The van der Waals surface area contributed by atoms with Crippen LogP contribution in [-0.4, -0.2) is 61.0 Å². The van der Waals surface area contributed by atoms with Gasteiger partial charge in [0.25, 0.3) is 0 Å². The number of amides is 2. The van der Waals surface area contributed by atoms with Gasteiger partial charge in [0.2, 0.25) is 11.8 Å². The van der Waals surface area contributed by atoms with E-state index >= 15 is 4.39 Å². The molecule has 1 saturated carbocycles. The monoisotopic (exact) mass is 515 g/mol. The van der Waals surface area contributed by atoms with Crippen molar-refractivity contribution in [2.45, 2.75) is 69.1 Å². The number of nitriles is 1. The molecule has 0 radical (unpaired) electrons. The van der Waals surface area contributed by atoms with Gasteiger partial charge in [0.1, 0.15) is 11.9 Å². The molecule has 2 bridgehead atoms. The van der Waals surface area contributed by atoms with E-state index in [9.17, 15) is 14.9 Å². The zero-order valence-electron chi connectivity index (χ0n) is 21.8. The fraction of sp³-hybridized carbons (Fsp3) is 0.500. The third-order valence-corrected chi connectivity index (χ3v) is 8.93. The quantitative estimate of drug-likeness (QED) is 0.617. The zero-order valence-corrected chi connectivity index (χ0v) is 21.8. The molecule has 4 aliphatic rings. The highest BCUT2D eigenvalue weighted by Crippen LogP contribution is 2.37. The third kappa shape index (κ3) is 4.70. The van der Waals surface area contributed by atoms with Crippen LogP contribution in [0.2, 0.25) is 0 Å². The number of carbonyl (C=O) groups is 2. The van der Waals surface area contributed by atoms with E-state index in [-0.39, 0.29) is 30.3 Å². The van der Waals surface area contributed by atoms with Crippen molar-refractivity contribution in [1.82, 2.24) is 15.5 Å². The molecule has 8 heteroatoms. The number of hydrogen-bond donors (Lipinski definition) is 2. The molecular formula is C30H34FN5O2. The molecular weight excluding hydrogens is 481 g/mol. The minimum atomic E-state index is -0.794. The van der Waals surface area contributed by atoms with Crippen LogP contribution in [0.5, 0.6) is 0 Å². The normalized spacial score (nSPS) is 25.9. The second kappa shape index (κ2) is 10.1. The maximum Gasteiger partial charge on any atom is 0.238 e. The first-order chi connectivity index (χ1) is 18.4.